The molecule has 0 aliphatic heterocycles. The molecule has 1 atom stereocenters. The minimum atomic E-state index is -0.460. The SMILES string of the molecule is CCOc1ccc(C(C)NC(=O)Cc2ccc([N+](=O)[O-])cc2)cc1. The molecule has 0 saturated heterocycles. The number of carbonyl (C=O) groups is 1. The van der Waals surface area contributed by atoms with E-state index in [1.54, 1.807) is 12.1 Å². The first-order valence-corrected chi connectivity index (χ1v) is 7.75. The van der Waals surface area contributed by atoms with Crippen LogP contribution in [0.1, 0.15) is 31.0 Å². The fraction of sp³-hybridized carbons (Fsp3) is 0.278. The van der Waals surface area contributed by atoms with Crippen LogP contribution < -0.4 is 10.1 Å². The second kappa shape index (κ2) is 8.10. The first kappa shape index (κ1) is 17.5. The Hall–Kier alpha value is -2.89. The fourth-order valence-electron chi connectivity index (χ4n) is 2.32. The van der Waals surface area contributed by atoms with Crippen molar-refractivity contribution in [1.82, 2.24) is 5.32 Å². The number of rotatable bonds is 7. The monoisotopic (exact) mass is 328 g/mol. The van der Waals surface area contributed by atoms with E-state index in [0.717, 1.165) is 16.9 Å². The van der Waals surface area contributed by atoms with Crippen LogP contribution in [0.2, 0.25) is 0 Å². The van der Waals surface area contributed by atoms with Crippen LogP contribution in [0.5, 0.6) is 5.75 Å². The molecule has 0 aliphatic carbocycles. The summed E-state index contributed by atoms with van der Waals surface area (Å²) in [6, 6.07) is 13.4. The summed E-state index contributed by atoms with van der Waals surface area (Å²) in [6.45, 7) is 4.44. The van der Waals surface area contributed by atoms with Crippen molar-refractivity contribution in [1.29, 1.82) is 0 Å². The van der Waals surface area contributed by atoms with Crippen LogP contribution in [0.4, 0.5) is 5.69 Å². The summed E-state index contributed by atoms with van der Waals surface area (Å²) in [5.74, 6) is 0.663. The standard InChI is InChI=1S/C18H20N2O4/c1-3-24-17-10-6-15(7-11-17)13(2)19-18(21)12-14-4-8-16(9-5-14)20(22)23/h4-11,13H,3,12H2,1-2H3,(H,19,21). The lowest BCUT2D eigenvalue weighted by molar-refractivity contribution is -0.384. The number of non-ortho nitro benzene ring substituents is 1. The van der Waals surface area contributed by atoms with Gasteiger partial charge >= 0.3 is 0 Å². The van der Waals surface area contributed by atoms with E-state index in [2.05, 4.69) is 5.32 Å². The summed E-state index contributed by atoms with van der Waals surface area (Å²) in [7, 11) is 0. The van der Waals surface area contributed by atoms with Crippen LogP contribution in [0.15, 0.2) is 48.5 Å². The highest BCUT2D eigenvalue weighted by atomic mass is 16.6. The number of benzene rings is 2. The predicted octanol–water partition coefficient (Wildman–Crippen LogP) is 3.41. The molecular formula is C18H20N2O4. The van der Waals surface area contributed by atoms with Crippen molar-refractivity contribution in [3.8, 4) is 5.75 Å². The van der Waals surface area contributed by atoms with Gasteiger partial charge in [0.05, 0.1) is 24.0 Å². The topological polar surface area (TPSA) is 81.5 Å². The lowest BCUT2D eigenvalue weighted by atomic mass is 10.1. The van der Waals surface area contributed by atoms with Crippen molar-refractivity contribution in [2.24, 2.45) is 0 Å². The van der Waals surface area contributed by atoms with Crippen molar-refractivity contribution >= 4 is 11.6 Å². The molecule has 126 valence electrons. The average molecular weight is 328 g/mol. The number of nitro groups is 1. The summed E-state index contributed by atoms with van der Waals surface area (Å²) in [4.78, 5) is 22.3. The first-order valence-electron chi connectivity index (χ1n) is 7.75. The van der Waals surface area contributed by atoms with Gasteiger partial charge in [-0.1, -0.05) is 24.3 Å². The van der Waals surface area contributed by atoms with E-state index < -0.39 is 4.92 Å². The molecule has 0 saturated carbocycles. The molecule has 1 unspecified atom stereocenters. The smallest absolute Gasteiger partial charge is 0.269 e. The van der Waals surface area contributed by atoms with Gasteiger partial charge in [-0.2, -0.15) is 0 Å². The van der Waals surface area contributed by atoms with Crippen molar-refractivity contribution in [3.63, 3.8) is 0 Å². The summed E-state index contributed by atoms with van der Waals surface area (Å²) in [6.07, 6.45) is 0.180. The van der Waals surface area contributed by atoms with Crippen LogP contribution >= 0.6 is 0 Å². The molecule has 6 nitrogen and oxygen atoms in total. The summed E-state index contributed by atoms with van der Waals surface area (Å²) in [5, 5.41) is 13.5. The molecule has 0 radical (unpaired) electrons. The molecule has 0 bridgehead atoms. The van der Waals surface area contributed by atoms with Crippen molar-refractivity contribution in [3.05, 3.63) is 69.8 Å². The largest absolute Gasteiger partial charge is 0.494 e. The number of nitrogens with one attached hydrogen (secondary N) is 1. The molecule has 2 aromatic carbocycles. The molecule has 24 heavy (non-hydrogen) atoms. The molecule has 2 rings (SSSR count). The number of hydrogen-bond donors (Lipinski definition) is 1. The van der Waals surface area contributed by atoms with Gasteiger partial charge in [-0.3, -0.25) is 14.9 Å². The highest BCUT2D eigenvalue weighted by Gasteiger charge is 2.11. The number of amides is 1. The van der Waals surface area contributed by atoms with Crippen LogP contribution in [-0.2, 0) is 11.2 Å². The van der Waals surface area contributed by atoms with Gasteiger partial charge in [0.1, 0.15) is 5.75 Å². The Balaban J connectivity index is 1.92. The molecule has 1 N–H and O–H groups in total. The number of nitro benzene ring substituents is 1. The normalized spacial score (nSPS) is 11.6. The quantitative estimate of drug-likeness (QED) is 0.624. The van der Waals surface area contributed by atoms with Gasteiger partial charge in [-0.05, 0) is 37.1 Å². The van der Waals surface area contributed by atoms with Crippen molar-refractivity contribution < 1.29 is 14.5 Å². The second-order valence-corrected chi connectivity index (χ2v) is 5.39. The van der Waals surface area contributed by atoms with Crippen LogP contribution in [0, 0.1) is 10.1 Å². The average Bonchev–Trinajstić information content (AvgIpc) is 2.56. The number of carbonyl (C=O) groups excluding carboxylic acids is 1. The maximum atomic E-state index is 12.1. The third kappa shape index (κ3) is 4.81. The van der Waals surface area contributed by atoms with Crippen LogP contribution in [0.25, 0.3) is 0 Å². The Morgan fingerprint density at radius 3 is 2.33 bits per heavy atom. The maximum absolute atomic E-state index is 12.1. The molecule has 0 spiro atoms. The van der Waals surface area contributed by atoms with Gasteiger partial charge in [0.25, 0.3) is 5.69 Å². The molecule has 0 aliphatic rings. The van der Waals surface area contributed by atoms with Gasteiger partial charge in [-0.15, -0.1) is 0 Å². The summed E-state index contributed by atoms with van der Waals surface area (Å²) in [5.41, 5.74) is 1.73. The predicted molar refractivity (Wildman–Crippen MR) is 91.0 cm³/mol. The fourth-order valence-corrected chi connectivity index (χ4v) is 2.32. The second-order valence-electron chi connectivity index (χ2n) is 5.39. The van der Waals surface area contributed by atoms with Crippen LogP contribution in [-0.4, -0.2) is 17.4 Å². The van der Waals surface area contributed by atoms with E-state index in [4.69, 9.17) is 4.74 Å². The van der Waals surface area contributed by atoms with Crippen molar-refractivity contribution in [2.45, 2.75) is 26.3 Å². The molecule has 0 heterocycles. The van der Waals surface area contributed by atoms with E-state index >= 15 is 0 Å². The van der Waals surface area contributed by atoms with E-state index in [-0.39, 0.29) is 24.1 Å². The van der Waals surface area contributed by atoms with Gasteiger partial charge in [0.2, 0.25) is 5.91 Å². The molecule has 1 amide bonds. The molecule has 0 fully saturated rings. The van der Waals surface area contributed by atoms with Gasteiger partial charge in [-0.25, -0.2) is 0 Å². The van der Waals surface area contributed by atoms with E-state index in [0.29, 0.717) is 6.61 Å². The highest BCUT2D eigenvalue weighted by molar-refractivity contribution is 5.79. The van der Waals surface area contributed by atoms with E-state index in [1.165, 1.54) is 12.1 Å². The summed E-state index contributed by atoms with van der Waals surface area (Å²) >= 11 is 0. The Morgan fingerprint density at radius 1 is 1.17 bits per heavy atom. The third-order valence-corrected chi connectivity index (χ3v) is 3.58. The Bertz CT molecular complexity index is 696. The van der Waals surface area contributed by atoms with E-state index in [9.17, 15) is 14.9 Å². The number of ether oxygens (including phenoxy) is 1. The zero-order valence-electron chi connectivity index (χ0n) is 13.7. The minimum absolute atomic E-state index is 0.0157. The van der Waals surface area contributed by atoms with Crippen molar-refractivity contribution in [2.75, 3.05) is 6.61 Å². The number of hydrogen-bond acceptors (Lipinski definition) is 4. The lowest BCUT2D eigenvalue weighted by Gasteiger charge is -2.15. The maximum Gasteiger partial charge on any atom is 0.269 e. The molecule has 0 aromatic heterocycles. The van der Waals surface area contributed by atoms with E-state index in [1.807, 2.05) is 38.1 Å². The highest BCUT2D eigenvalue weighted by Crippen LogP contribution is 2.18. The molecular weight excluding hydrogens is 308 g/mol. The lowest BCUT2D eigenvalue weighted by Crippen LogP contribution is -2.28. The van der Waals surface area contributed by atoms with Gasteiger partial charge in [0.15, 0.2) is 0 Å². The first-order chi connectivity index (χ1) is 11.5. The third-order valence-electron chi connectivity index (χ3n) is 3.58. The zero-order chi connectivity index (χ0) is 17.5. The Morgan fingerprint density at radius 2 is 1.79 bits per heavy atom. The zero-order valence-corrected chi connectivity index (χ0v) is 13.7. The van der Waals surface area contributed by atoms with Gasteiger partial charge < -0.3 is 10.1 Å². The van der Waals surface area contributed by atoms with Crippen LogP contribution in [0.3, 0.4) is 0 Å². The Kier molecular flexibility index (Phi) is 5.89. The molecule has 6 heteroatoms. The molecule has 2 aromatic rings. The Labute approximate surface area is 140 Å². The van der Waals surface area contributed by atoms with Gasteiger partial charge in [0, 0.05) is 12.1 Å². The summed E-state index contributed by atoms with van der Waals surface area (Å²) < 4.78 is 5.39. The number of nitrogens with zero attached hydrogens (tertiary/aromatic N) is 1. The minimum Gasteiger partial charge on any atom is -0.494 e.